The molecule has 246 valence electrons. The molecule has 0 aliphatic carbocycles. The number of aryl methyl sites for hydroxylation is 1. The minimum Gasteiger partial charge on any atom is -0.495 e. The van der Waals surface area contributed by atoms with Crippen molar-refractivity contribution >= 4 is 36.6 Å². The number of aromatic nitrogens is 5. The normalized spacial score (nSPS) is 16.6. The zero-order chi connectivity index (χ0) is 33.8. The molecule has 1 amide bonds. The van der Waals surface area contributed by atoms with Gasteiger partial charge in [-0.25, -0.2) is 9.97 Å². The topological polar surface area (TPSA) is 178 Å². The largest absolute Gasteiger partial charge is 0.495 e. The number of carbonyl (C=O) groups is 1. The first-order valence-corrected chi connectivity index (χ1v) is 15.9. The Morgan fingerprint density at radius 2 is 2.00 bits per heavy atom. The molecule has 0 fully saturated rings. The van der Waals surface area contributed by atoms with Crippen LogP contribution in [0.1, 0.15) is 40.7 Å². The van der Waals surface area contributed by atoms with Gasteiger partial charge in [-0.15, -0.1) is 0 Å². The number of rotatable bonds is 4. The highest BCUT2D eigenvalue weighted by molar-refractivity contribution is 7.53. The zero-order valence-electron chi connectivity index (χ0n) is 25.4. The Bertz CT molecular complexity index is 1890. The molecular weight excluding hydrogens is 642 g/mol. The summed E-state index contributed by atoms with van der Waals surface area (Å²) in [5, 5.41) is 21.9. The number of amides is 1. The number of pyridine rings is 1. The molecule has 3 N–H and O–H groups in total. The van der Waals surface area contributed by atoms with Gasteiger partial charge >= 0.3 is 13.8 Å². The van der Waals surface area contributed by atoms with E-state index >= 15 is 0 Å². The number of carbonyl (C=O) groups excluding carboxylic acids is 1. The highest BCUT2D eigenvalue weighted by Crippen LogP contribution is 2.52. The number of halogens is 3. The zero-order valence-corrected chi connectivity index (χ0v) is 26.3. The van der Waals surface area contributed by atoms with E-state index in [9.17, 15) is 27.8 Å². The van der Waals surface area contributed by atoms with Crippen molar-refractivity contribution in [2.75, 3.05) is 38.0 Å². The van der Waals surface area contributed by atoms with Crippen molar-refractivity contribution in [3.05, 3.63) is 65.2 Å². The maximum absolute atomic E-state index is 14.1. The van der Waals surface area contributed by atoms with Gasteiger partial charge in [0, 0.05) is 26.0 Å². The second-order valence-corrected chi connectivity index (χ2v) is 12.1. The lowest BCUT2D eigenvalue weighted by Gasteiger charge is -2.19. The number of anilines is 4. The average Bonchev–Trinajstić information content (AvgIpc) is 3.46. The van der Waals surface area contributed by atoms with Crippen molar-refractivity contribution in [3.8, 4) is 23.1 Å². The van der Waals surface area contributed by atoms with E-state index in [1.54, 1.807) is 31.3 Å². The monoisotopic (exact) mass is 671 g/mol. The molecule has 4 aliphatic heterocycles. The summed E-state index contributed by atoms with van der Waals surface area (Å²) in [4.78, 5) is 25.2. The minimum absolute atomic E-state index is 0.00319. The average molecular weight is 672 g/mol. The predicted octanol–water partition coefficient (Wildman–Crippen LogP) is 5.63. The second-order valence-electron chi connectivity index (χ2n) is 10.0. The summed E-state index contributed by atoms with van der Waals surface area (Å²) in [7, 11) is -0.885. The lowest BCUT2D eigenvalue weighted by atomic mass is 10.1. The summed E-state index contributed by atoms with van der Waals surface area (Å²) in [5.74, 6) is -1.34. The maximum atomic E-state index is 14.1. The summed E-state index contributed by atoms with van der Waals surface area (Å²) in [6, 6.07) is 9.57. The molecular formula is C29H29F3N9O5P. The molecule has 8 rings (SSSR count). The summed E-state index contributed by atoms with van der Waals surface area (Å²) >= 11 is 0. The van der Waals surface area contributed by atoms with Crippen molar-refractivity contribution in [2.45, 2.75) is 32.2 Å². The third-order valence-corrected chi connectivity index (χ3v) is 8.84. The van der Waals surface area contributed by atoms with Gasteiger partial charge in [-0.05, 0) is 43.2 Å². The molecule has 8 bridgehead atoms. The van der Waals surface area contributed by atoms with Gasteiger partial charge in [0.05, 0.1) is 49.1 Å². The number of ether oxygens (including phenoxy) is 1. The van der Waals surface area contributed by atoms with E-state index in [4.69, 9.17) is 13.8 Å². The van der Waals surface area contributed by atoms with Gasteiger partial charge in [0.1, 0.15) is 23.2 Å². The van der Waals surface area contributed by atoms with Crippen molar-refractivity contribution in [1.82, 2.24) is 30.0 Å². The number of methoxy groups -OCH3 is 1. The summed E-state index contributed by atoms with van der Waals surface area (Å²) in [6.45, 7) is 2.15. The maximum Gasteiger partial charge on any atom is 0.421 e. The van der Waals surface area contributed by atoms with Crippen molar-refractivity contribution in [3.63, 3.8) is 0 Å². The molecule has 18 heteroatoms. The first-order chi connectivity index (χ1) is 22.5. The van der Waals surface area contributed by atoms with E-state index in [2.05, 4.69) is 36.0 Å². The summed E-state index contributed by atoms with van der Waals surface area (Å²) < 4.78 is 74.1. The Balaban J connectivity index is 1.66. The molecule has 0 saturated carbocycles. The second kappa shape index (κ2) is 13.8. The van der Waals surface area contributed by atoms with Gasteiger partial charge in [0.15, 0.2) is 11.4 Å². The number of alkyl halides is 3. The molecule has 0 spiro atoms. The van der Waals surface area contributed by atoms with Crippen LogP contribution in [0.5, 0.6) is 5.75 Å². The van der Waals surface area contributed by atoms with Crippen LogP contribution >= 0.6 is 7.60 Å². The van der Waals surface area contributed by atoms with Crippen LogP contribution in [0.2, 0.25) is 0 Å². The number of hydrogen-bond donors (Lipinski definition) is 3. The summed E-state index contributed by atoms with van der Waals surface area (Å²) in [5.41, 5.74) is -0.235. The lowest BCUT2D eigenvalue weighted by molar-refractivity contribution is -0.137. The third kappa shape index (κ3) is 7.51. The van der Waals surface area contributed by atoms with Crippen LogP contribution in [-0.2, 0) is 32.5 Å². The Morgan fingerprint density at radius 3 is 2.70 bits per heavy atom. The van der Waals surface area contributed by atoms with E-state index in [1.165, 1.54) is 31.0 Å². The Hall–Kier alpha value is -5.04. The van der Waals surface area contributed by atoms with Gasteiger partial charge < -0.3 is 29.7 Å². The van der Waals surface area contributed by atoms with E-state index in [-0.39, 0.29) is 66.0 Å². The number of nitrogens with zero attached hydrogens (tertiary/aromatic N) is 6. The number of nitrogens with one attached hydrogen (secondary N) is 3. The number of hydrogen-bond acceptors (Lipinski definition) is 12. The highest BCUT2D eigenvalue weighted by atomic mass is 31.2. The van der Waals surface area contributed by atoms with Crippen molar-refractivity contribution < 1.29 is 36.3 Å². The molecule has 0 saturated heterocycles. The van der Waals surface area contributed by atoms with Crippen LogP contribution in [-0.4, -0.2) is 58.0 Å². The Kier molecular flexibility index (Phi) is 9.75. The van der Waals surface area contributed by atoms with Gasteiger partial charge in [-0.2, -0.15) is 28.5 Å². The first-order valence-electron chi connectivity index (χ1n) is 14.2. The molecule has 0 radical (unpaired) electrons. The van der Waals surface area contributed by atoms with E-state index in [1.807, 2.05) is 6.07 Å². The van der Waals surface area contributed by atoms with Gasteiger partial charge in [0.2, 0.25) is 5.95 Å². The van der Waals surface area contributed by atoms with Gasteiger partial charge in [0.25, 0.3) is 5.91 Å². The standard InChI is InChI=1S/C29H29F3N9O5P/c1-4-45-47(43)16-17-6-7-21(24(12-17)44-3)38-28-35-14-19(29(30,31)32)26(39-28)37-22-9-8-20(36-25(22)27(42)34-2)18-15-41(10-5-11-46-47)40-23(18)13-33/h6-9,12,14-15H,4-5,10-11,16H2,1-3H3,(H,34,42)(H2,35,37,38,39). The molecule has 4 aromatic rings. The number of benzene rings is 1. The molecule has 47 heavy (non-hydrogen) atoms. The molecule has 3 aromatic heterocycles. The number of nitriles is 1. The smallest absolute Gasteiger partial charge is 0.421 e. The van der Waals surface area contributed by atoms with E-state index in [0.29, 0.717) is 23.9 Å². The van der Waals surface area contributed by atoms with Gasteiger partial charge in [-0.3, -0.25) is 14.0 Å². The van der Waals surface area contributed by atoms with Crippen molar-refractivity contribution in [1.29, 1.82) is 5.26 Å². The third-order valence-electron chi connectivity index (χ3n) is 6.86. The highest BCUT2D eigenvalue weighted by Gasteiger charge is 2.36. The van der Waals surface area contributed by atoms with Crippen LogP contribution in [0.3, 0.4) is 0 Å². The van der Waals surface area contributed by atoms with E-state index in [0.717, 1.165) is 0 Å². The van der Waals surface area contributed by atoms with E-state index < -0.39 is 31.1 Å². The Labute approximate surface area is 266 Å². The summed E-state index contributed by atoms with van der Waals surface area (Å²) in [6.07, 6.45) is -2.44. The van der Waals surface area contributed by atoms with Crippen LogP contribution in [0, 0.1) is 11.3 Å². The van der Waals surface area contributed by atoms with Crippen LogP contribution < -0.4 is 20.7 Å². The fraction of sp³-hybridized carbons (Fsp3) is 0.310. The van der Waals surface area contributed by atoms with Crippen LogP contribution in [0.4, 0.5) is 36.3 Å². The molecule has 1 atom stereocenters. The molecule has 14 nitrogen and oxygen atoms in total. The first kappa shape index (κ1) is 33.3. The molecule has 1 unspecified atom stereocenters. The fourth-order valence-electron chi connectivity index (χ4n) is 4.72. The molecule has 1 aromatic carbocycles. The minimum atomic E-state index is -4.86. The van der Waals surface area contributed by atoms with Gasteiger partial charge in [-0.1, -0.05) is 6.07 Å². The Morgan fingerprint density at radius 1 is 1.21 bits per heavy atom. The fourth-order valence-corrected chi connectivity index (χ4v) is 6.42. The SMILES string of the molecule is CCOP1(=O)Cc2ccc(c(OC)c2)Nc2ncc(C(F)(F)F)c(n2)Nc2ccc(nc2C(=O)NC)-c2cn(nc2C#N)CCCO1. The van der Waals surface area contributed by atoms with Crippen LogP contribution in [0.15, 0.2) is 42.7 Å². The van der Waals surface area contributed by atoms with Crippen LogP contribution in [0.25, 0.3) is 11.3 Å². The quantitative estimate of drug-likeness (QED) is 0.228. The molecule has 7 heterocycles. The predicted molar refractivity (Wildman–Crippen MR) is 164 cm³/mol. The lowest BCUT2D eigenvalue weighted by Crippen LogP contribution is -2.21. The molecule has 4 aliphatic rings. The van der Waals surface area contributed by atoms with Crippen molar-refractivity contribution in [2.24, 2.45) is 0 Å².